The number of carbonyl (C=O) groups is 1. The van der Waals surface area contributed by atoms with Crippen LogP contribution in [0.4, 0.5) is 11.6 Å². The van der Waals surface area contributed by atoms with E-state index in [0.717, 1.165) is 16.8 Å². The maximum absolute atomic E-state index is 10.9. The van der Waals surface area contributed by atoms with Crippen LogP contribution in [0, 0.1) is 13.8 Å². The van der Waals surface area contributed by atoms with Gasteiger partial charge < -0.3 is 10.4 Å². The Kier molecular flexibility index (Phi) is 3.76. The molecule has 0 aliphatic heterocycles. The van der Waals surface area contributed by atoms with E-state index in [2.05, 4.69) is 31.5 Å². The van der Waals surface area contributed by atoms with Crippen LogP contribution < -0.4 is 5.32 Å². The lowest BCUT2D eigenvalue weighted by Crippen LogP contribution is -1.98. The summed E-state index contributed by atoms with van der Waals surface area (Å²) in [4.78, 5) is 19.5. The Morgan fingerprint density at radius 1 is 1.13 bits per heavy atom. The molecule has 7 nitrogen and oxygen atoms in total. The van der Waals surface area contributed by atoms with Crippen LogP contribution in [0.2, 0.25) is 0 Å². The standard InChI is InChI=1S/C16H15N5O2/c1-9-5-10(2)7-11(6-9)18-16-17-4-3-12(19-16)13-8-14(15(22)23)21-20-13/h3-8H,1-2H3,(H,20,21)(H,22,23)(H,17,18,19). The van der Waals surface area contributed by atoms with Gasteiger partial charge in [0.1, 0.15) is 11.4 Å². The SMILES string of the molecule is Cc1cc(C)cc(Nc2nccc(-c3cc(C(=O)O)[nH]n3)n2)c1. The Labute approximate surface area is 132 Å². The Morgan fingerprint density at radius 2 is 1.87 bits per heavy atom. The summed E-state index contributed by atoms with van der Waals surface area (Å²) < 4.78 is 0. The predicted octanol–water partition coefficient (Wildman–Crippen LogP) is 2.93. The topological polar surface area (TPSA) is 104 Å². The minimum absolute atomic E-state index is 0.0161. The van der Waals surface area contributed by atoms with Crippen LogP contribution in [0.3, 0.4) is 0 Å². The summed E-state index contributed by atoms with van der Waals surface area (Å²) in [6.45, 7) is 4.04. The largest absolute Gasteiger partial charge is 0.477 e. The first-order valence-corrected chi connectivity index (χ1v) is 6.99. The molecular weight excluding hydrogens is 294 g/mol. The van der Waals surface area contributed by atoms with Crippen molar-refractivity contribution in [2.75, 3.05) is 5.32 Å². The monoisotopic (exact) mass is 309 g/mol. The fraction of sp³-hybridized carbons (Fsp3) is 0.125. The lowest BCUT2D eigenvalue weighted by Gasteiger charge is -2.07. The summed E-state index contributed by atoms with van der Waals surface area (Å²) in [7, 11) is 0. The minimum atomic E-state index is -1.06. The third-order valence-electron chi connectivity index (χ3n) is 3.20. The first-order chi connectivity index (χ1) is 11.0. The van der Waals surface area contributed by atoms with Gasteiger partial charge in [-0.15, -0.1) is 0 Å². The van der Waals surface area contributed by atoms with Gasteiger partial charge in [-0.05, 0) is 43.2 Å². The fourth-order valence-electron chi connectivity index (χ4n) is 2.30. The van der Waals surface area contributed by atoms with Crippen molar-refractivity contribution in [1.82, 2.24) is 20.2 Å². The van der Waals surface area contributed by atoms with Crippen LogP contribution in [0.1, 0.15) is 21.6 Å². The summed E-state index contributed by atoms with van der Waals surface area (Å²) in [6, 6.07) is 9.19. The second kappa shape index (κ2) is 5.88. The summed E-state index contributed by atoms with van der Waals surface area (Å²) in [5.41, 5.74) is 4.18. The van der Waals surface area contributed by atoms with Gasteiger partial charge in [-0.1, -0.05) is 6.07 Å². The predicted molar refractivity (Wildman–Crippen MR) is 85.8 cm³/mol. The molecule has 0 bridgehead atoms. The number of H-pyrrole nitrogens is 1. The Hall–Kier alpha value is -3.22. The lowest BCUT2D eigenvalue weighted by atomic mass is 10.1. The molecule has 0 saturated carbocycles. The second-order valence-corrected chi connectivity index (χ2v) is 5.24. The van der Waals surface area contributed by atoms with Gasteiger partial charge >= 0.3 is 5.97 Å². The van der Waals surface area contributed by atoms with E-state index in [9.17, 15) is 4.79 Å². The summed E-state index contributed by atoms with van der Waals surface area (Å²) in [5, 5.41) is 18.5. The summed E-state index contributed by atoms with van der Waals surface area (Å²) in [6.07, 6.45) is 1.60. The molecule has 3 N–H and O–H groups in total. The maximum atomic E-state index is 10.9. The molecule has 0 aliphatic rings. The maximum Gasteiger partial charge on any atom is 0.353 e. The molecule has 0 unspecified atom stereocenters. The van der Waals surface area contributed by atoms with Gasteiger partial charge in [0.15, 0.2) is 0 Å². The molecule has 3 aromatic rings. The van der Waals surface area contributed by atoms with Crippen molar-refractivity contribution in [3.05, 3.63) is 53.3 Å². The molecule has 1 aromatic carbocycles. The van der Waals surface area contributed by atoms with E-state index in [1.165, 1.54) is 6.07 Å². The minimum Gasteiger partial charge on any atom is -0.477 e. The molecule has 3 rings (SSSR count). The number of nitrogens with zero attached hydrogens (tertiary/aromatic N) is 3. The normalized spacial score (nSPS) is 10.5. The van der Waals surface area contributed by atoms with E-state index in [1.54, 1.807) is 12.3 Å². The number of benzene rings is 1. The number of aromatic nitrogens is 4. The quantitative estimate of drug-likeness (QED) is 0.684. The Morgan fingerprint density at radius 3 is 2.52 bits per heavy atom. The number of aromatic amines is 1. The lowest BCUT2D eigenvalue weighted by molar-refractivity contribution is 0.0690. The molecule has 116 valence electrons. The van der Waals surface area contributed by atoms with Crippen LogP contribution in [0.5, 0.6) is 0 Å². The Bertz CT molecular complexity index is 852. The number of carboxylic acids is 1. The van der Waals surface area contributed by atoms with Crippen molar-refractivity contribution in [2.45, 2.75) is 13.8 Å². The van der Waals surface area contributed by atoms with Gasteiger partial charge in [0.05, 0.1) is 5.69 Å². The van der Waals surface area contributed by atoms with Crippen molar-refractivity contribution in [2.24, 2.45) is 0 Å². The first kappa shape index (κ1) is 14.7. The van der Waals surface area contributed by atoms with E-state index < -0.39 is 5.97 Å². The first-order valence-electron chi connectivity index (χ1n) is 6.99. The number of aromatic carboxylic acids is 1. The van der Waals surface area contributed by atoms with E-state index in [0.29, 0.717) is 17.3 Å². The molecule has 0 fully saturated rings. The average Bonchev–Trinajstić information content (AvgIpc) is 2.96. The highest BCUT2D eigenvalue weighted by molar-refractivity contribution is 5.86. The summed E-state index contributed by atoms with van der Waals surface area (Å²) >= 11 is 0. The third kappa shape index (κ3) is 3.34. The van der Waals surface area contributed by atoms with Gasteiger partial charge in [0, 0.05) is 18.0 Å². The molecule has 0 atom stereocenters. The molecular formula is C16H15N5O2. The molecule has 0 saturated heterocycles. The number of nitrogens with one attached hydrogen (secondary N) is 2. The number of hydrogen-bond donors (Lipinski definition) is 3. The van der Waals surface area contributed by atoms with Crippen molar-refractivity contribution in [1.29, 1.82) is 0 Å². The molecule has 2 heterocycles. The van der Waals surface area contributed by atoms with E-state index in [4.69, 9.17) is 5.11 Å². The molecule has 0 spiro atoms. The second-order valence-electron chi connectivity index (χ2n) is 5.24. The van der Waals surface area contributed by atoms with Gasteiger partial charge in [-0.3, -0.25) is 5.10 Å². The average molecular weight is 309 g/mol. The van der Waals surface area contributed by atoms with Crippen molar-refractivity contribution < 1.29 is 9.90 Å². The van der Waals surface area contributed by atoms with E-state index in [1.807, 2.05) is 26.0 Å². The van der Waals surface area contributed by atoms with Crippen LogP contribution in [0.25, 0.3) is 11.4 Å². The van der Waals surface area contributed by atoms with Crippen molar-refractivity contribution >= 4 is 17.6 Å². The smallest absolute Gasteiger partial charge is 0.353 e. The van der Waals surface area contributed by atoms with E-state index >= 15 is 0 Å². The molecule has 0 aliphatic carbocycles. The highest BCUT2D eigenvalue weighted by Crippen LogP contribution is 2.20. The van der Waals surface area contributed by atoms with Crippen LogP contribution in [-0.2, 0) is 0 Å². The number of hydrogen-bond acceptors (Lipinski definition) is 5. The number of aryl methyl sites for hydroxylation is 2. The highest BCUT2D eigenvalue weighted by atomic mass is 16.4. The van der Waals surface area contributed by atoms with Gasteiger partial charge in [-0.25, -0.2) is 14.8 Å². The highest BCUT2D eigenvalue weighted by Gasteiger charge is 2.11. The molecule has 23 heavy (non-hydrogen) atoms. The van der Waals surface area contributed by atoms with Crippen molar-refractivity contribution in [3.63, 3.8) is 0 Å². The van der Waals surface area contributed by atoms with E-state index in [-0.39, 0.29) is 5.69 Å². The third-order valence-corrected chi connectivity index (χ3v) is 3.20. The summed E-state index contributed by atoms with van der Waals surface area (Å²) in [5.74, 6) is -0.640. The number of carboxylic acid groups (broad SMARTS) is 1. The Balaban J connectivity index is 1.88. The van der Waals surface area contributed by atoms with Crippen LogP contribution in [-0.4, -0.2) is 31.2 Å². The van der Waals surface area contributed by atoms with Crippen LogP contribution in [0.15, 0.2) is 36.5 Å². The zero-order valence-corrected chi connectivity index (χ0v) is 12.7. The van der Waals surface area contributed by atoms with Crippen molar-refractivity contribution in [3.8, 4) is 11.4 Å². The number of rotatable bonds is 4. The van der Waals surface area contributed by atoms with Gasteiger partial charge in [-0.2, -0.15) is 5.10 Å². The number of anilines is 2. The van der Waals surface area contributed by atoms with Gasteiger partial charge in [0.2, 0.25) is 5.95 Å². The van der Waals surface area contributed by atoms with Gasteiger partial charge in [0.25, 0.3) is 0 Å². The molecule has 7 heteroatoms. The molecule has 2 aromatic heterocycles. The zero-order chi connectivity index (χ0) is 16.4. The zero-order valence-electron chi connectivity index (χ0n) is 12.7. The molecule has 0 amide bonds. The fourth-order valence-corrected chi connectivity index (χ4v) is 2.30. The molecule has 0 radical (unpaired) electrons. The van der Waals surface area contributed by atoms with Crippen LogP contribution >= 0.6 is 0 Å².